The van der Waals surface area contributed by atoms with Gasteiger partial charge in [0.15, 0.2) is 0 Å². The highest BCUT2D eigenvalue weighted by Crippen LogP contribution is 2.21. The van der Waals surface area contributed by atoms with Crippen molar-refractivity contribution in [1.82, 2.24) is 9.80 Å². The van der Waals surface area contributed by atoms with Crippen molar-refractivity contribution >= 4 is 5.91 Å². The van der Waals surface area contributed by atoms with Gasteiger partial charge in [-0.05, 0) is 39.1 Å². The average Bonchev–Trinajstić information content (AvgIpc) is 2.39. The van der Waals surface area contributed by atoms with E-state index in [1.807, 2.05) is 24.8 Å². The van der Waals surface area contributed by atoms with Gasteiger partial charge in [0.2, 0.25) is 0 Å². The lowest BCUT2D eigenvalue weighted by Gasteiger charge is -2.32. The number of rotatable bonds is 3. The van der Waals surface area contributed by atoms with E-state index in [1.54, 1.807) is 12.1 Å². The predicted octanol–water partition coefficient (Wildman–Crippen LogP) is 1.66. The van der Waals surface area contributed by atoms with Crippen molar-refractivity contribution < 1.29 is 9.53 Å². The molecule has 0 spiro atoms. The Kier molecular flexibility index (Phi) is 4.43. The van der Waals surface area contributed by atoms with Crippen LogP contribution in [0.3, 0.4) is 0 Å². The van der Waals surface area contributed by atoms with E-state index in [1.165, 1.54) is 0 Å². The van der Waals surface area contributed by atoms with Crippen molar-refractivity contribution in [3.05, 3.63) is 29.8 Å². The van der Waals surface area contributed by atoms with Gasteiger partial charge in [0, 0.05) is 26.2 Å². The summed E-state index contributed by atoms with van der Waals surface area (Å²) in [5.41, 5.74) is 0.612. The maximum absolute atomic E-state index is 12.5. The van der Waals surface area contributed by atoms with Crippen LogP contribution < -0.4 is 4.74 Å². The molecule has 2 rings (SSSR count). The fourth-order valence-electron chi connectivity index (χ4n) is 2.12. The van der Waals surface area contributed by atoms with Crippen LogP contribution in [0.25, 0.3) is 0 Å². The SMILES string of the molecule is CC(C)Oc1cc[c]cc1C(=O)N1CCN(C)CC1. The summed E-state index contributed by atoms with van der Waals surface area (Å²) in [4.78, 5) is 16.6. The number of piperazine rings is 1. The van der Waals surface area contributed by atoms with Gasteiger partial charge >= 0.3 is 0 Å². The average molecular weight is 261 g/mol. The summed E-state index contributed by atoms with van der Waals surface area (Å²) in [6.07, 6.45) is 0.0569. The summed E-state index contributed by atoms with van der Waals surface area (Å²) in [6.45, 7) is 7.30. The van der Waals surface area contributed by atoms with E-state index in [9.17, 15) is 4.79 Å². The zero-order valence-electron chi connectivity index (χ0n) is 11.8. The molecule has 103 valence electrons. The molecule has 1 fully saturated rings. The third-order valence-electron chi connectivity index (χ3n) is 3.21. The maximum Gasteiger partial charge on any atom is 0.257 e. The van der Waals surface area contributed by atoms with E-state index < -0.39 is 0 Å². The number of carbonyl (C=O) groups excluding carboxylic acids is 1. The van der Waals surface area contributed by atoms with E-state index in [0.717, 1.165) is 26.2 Å². The highest BCUT2D eigenvalue weighted by Gasteiger charge is 2.23. The van der Waals surface area contributed by atoms with Crippen molar-refractivity contribution in [3.63, 3.8) is 0 Å². The number of amides is 1. The Morgan fingerprint density at radius 1 is 1.32 bits per heavy atom. The minimum Gasteiger partial charge on any atom is -0.490 e. The largest absolute Gasteiger partial charge is 0.490 e. The van der Waals surface area contributed by atoms with Gasteiger partial charge in [0.25, 0.3) is 5.91 Å². The second kappa shape index (κ2) is 6.06. The summed E-state index contributed by atoms with van der Waals surface area (Å²) in [5, 5.41) is 0. The zero-order chi connectivity index (χ0) is 13.8. The molecule has 0 bridgehead atoms. The first-order valence-electron chi connectivity index (χ1n) is 6.72. The molecule has 1 heterocycles. The van der Waals surface area contributed by atoms with Gasteiger partial charge in [0.05, 0.1) is 11.7 Å². The highest BCUT2D eigenvalue weighted by atomic mass is 16.5. The predicted molar refractivity (Wildman–Crippen MR) is 74.4 cm³/mol. The number of likely N-dealkylation sites (N-methyl/N-ethyl adjacent to an activating group) is 1. The number of ether oxygens (including phenoxy) is 1. The molecule has 4 heteroatoms. The van der Waals surface area contributed by atoms with Crippen LogP contribution in [0.15, 0.2) is 18.2 Å². The Bertz CT molecular complexity index is 438. The molecule has 0 unspecified atom stereocenters. The Labute approximate surface area is 115 Å². The molecule has 1 aliphatic heterocycles. The van der Waals surface area contributed by atoms with Gasteiger partial charge in [-0.25, -0.2) is 0 Å². The second-order valence-corrected chi connectivity index (χ2v) is 5.18. The molecule has 0 aromatic heterocycles. The minimum atomic E-state index is 0.0422. The summed E-state index contributed by atoms with van der Waals surface area (Å²) >= 11 is 0. The van der Waals surface area contributed by atoms with Crippen LogP contribution in [0, 0.1) is 6.07 Å². The highest BCUT2D eigenvalue weighted by molar-refractivity contribution is 5.97. The molecule has 1 radical (unpaired) electrons. The molecule has 1 saturated heterocycles. The lowest BCUT2D eigenvalue weighted by Crippen LogP contribution is -2.47. The topological polar surface area (TPSA) is 32.8 Å². The van der Waals surface area contributed by atoms with Crippen LogP contribution in [-0.2, 0) is 0 Å². The van der Waals surface area contributed by atoms with Crippen molar-refractivity contribution in [2.24, 2.45) is 0 Å². The van der Waals surface area contributed by atoms with Crippen LogP contribution >= 0.6 is 0 Å². The molecule has 0 N–H and O–H groups in total. The lowest BCUT2D eigenvalue weighted by atomic mass is 10.1. The van der Waals surface area contributed by atoms with Crippen LogP contribution in [0.2, 0.25) is 0 Å². The van der Waals surface area contributed by atoms with Crippen molar-refractivity contribution in [1.29, 1.82) is 0 Å². The molecule has 0 aliphatic carbocycles. The fourth-order valence-corrected chi connectivity index (χ4v) is 2.12. The molecule has 19 heavy (non-hydrogen) atoms. The third-order valence-corrected chi connectivity index (χ3v) is 3.21. The van der Waals surface area contributed by atoms with Crippen molar-refractivity contribution in [2.75, 3.05) is 33.2 Å². The zero-order valence-corrected chi connectivity index (χ0v) is 11.8. The monoisotopic (exact) mass is 261 g/mol. The van der Waals surface area contributed by atoms with Crippen LogP contribution in [-0.4, -0.2) is 55.0 Å². The Morgan fingerprint density at radius 2 is 2.00 bits per heavy atom. The Hall–Kier alpha value is -1.55. The summed E-state index contributed by atoms with van der Waals surface area (Å²) in [5.74, 6) is 0.693. The minimum absolute atomic E-state index is 0.0422. The summed E-state index contributed by atoms with van der Waals surface area (Å²) in [6, 6.07) is 8.27. The van der Waals surface area contributed by atoms with Crippen LogP contribution in [0.5, 0.6) is 5.75 Å². The van der Waals surface area contributed by atoms with E-state index in [4.69, 9.17) is 4.74 Å². The van der Waals surface area contributed by atoms with Gasteiger partial charge in [0.1, 0.15) is 5.75 Å². The van der Waals surface area contributed by atoms with E-state index in [-0.39, 0.29) is 12.0 Å². The van der Waals surface area contributed by atoms with Crippen LogP contribution in [0.4, 0.5) is 0 Å². The maximum atomic E-state index is 12.5. The smallest absolute Gasteiger partial charge is 0.257 e. The normalized spacial score (nSPS) is 16.7. The number of benzene rings is 1. The third kappa shape index (κ3) is 3.47. The Balaban J connectivity index is 2.14. The summed E-state index contributed by atoms with van der Waals surface area (Å²) in [7, 11) is 2.07. The second-order valence-electron chi connectivity index (χ2n) is 5.18. The first-order valence-corrected chi connectivity index (χ1v) is 6.72. The van der Waals surface area contributed by atoms with Crippen molar-refractivity contribution in [3.8, 4) is 5.75 Å². The lowest BCUT2D eigenvalue weighted by molar-refractivity contribution is 0.0658. The quantitative estimate of drug-likeness (QED) is 0.829. The molecule has 1 amide bonds. The van der Waals surface area contributed by atoms with E-state index in [2.05, 4.69) is 18.0 Å². The van der Waals surface area contributed by atoms with Crippen LogP contribution in [0.1, 0.15) is 24.2 Å². The molecule has 1 aromatic carbocycles. The molecule has 1 aromatic rings. The number of nitrogens with zero attached hydrogens (tertiary/aromatic N) is 2. The van der Waals surface area contributed by atoms with Gasteiger partial charge in [-0.1, -0.05) is 6.07 Å². The molecule has 0 atom stereocenters. The van der Waals surface area contributed by atoms with Gasteiger partial charge in [-0.15, -0.1) is 0 Å². The number of carbonyl (C=O) groups is 1. The molecule has 4 nitrogen and oxygen atoms in total. The molecule has 1 aliphatic rings. The molecular formula is C15H21N2O2. The Morgan fingerprint density at radius 3 is 2.63 bits per heavy atom. The summed E-state index contributed by atoms with van der Waals surface area (Å²) < 4.78 is 5.70. The molecule has 0 saturated carbocycles. The van der Waals surface area contributed by atoms with E-state index >= 15 is 0 Å². The van der Waals surface area contributed by atoms with Gasteiger partial charge in [-0.3, -0.25) is 4.79 Å². The first kappa shape index (κ1) is 13.9. The standard InChI is InChI=1S/C15H21N2O2/c1-12(2)19-14-7-5-4-6-13(14)15(18)17-10-8-16(3)9-11-17/h5-7,12H,8-11H2,1-3H3. The first-order chi connectivity index (χ1) is 9.08. The van der Waals surface area contributed by atoms with Gasteiger partial charge in [-0.2, -0.15) is 0 Å². The van der Waals surface area contributed by atoms with Crippen molar-refractivity contribution in [2.45, 2.75) is 20.0 Å². The van der Waals surface area contributed by atoms with E-state index in [0.29, 0.717) is 11.3 Å². The fraction of sp³-hybridized carbons (Fsp3) is 0.533. The molecular weight excluding hydrogens is 240 g/mol. The van der Waals surface area contributed by atoms with Gasteiger partial charge < -0.3 is 14.5 Å². The number of hydrogen-bond donors (Lipinski definition) is 0. The number of hydrogen-bond acceptors (Lipinski definition) is 3.